The van der Waals surface area contributed by atoms with Gasteiger partial charge in [0.2, 0.25) is 0 Å². The summed E-state index contributed by atoms with van der Waals surface area (Å²) in [5, 5.41) is 2.67. The van der Waals surface area contributed by atoms with Gasteiger partial charge in [-0.15, -0.1) is 0 Å². The summed E-state index contributed by atoms with van der Waals surface area (Å²) >= 11 is 0. The van der Waals surface area contributed by atoms with Gasteiger partial charge in [0.05, 0.1) is 0 Å². The fraction of sp³-hybridized carbons (Fsp3) is 0.217. The van der Waals surface area contributed by atoms with Crippen LogP contribution in [0.5, 0.6) is 0 Å². The molecular weight excluding hydrogens is 370 g/mol. The van der Waals surface area contributed by atoms with E-state index >= 15 is 0 Å². The average molecular weight is 394 g/mol. The van der Waals surface area contributed by atoms with Crippen LogP contribution in [0.15, 0.2) is 91.0 Å². The molecule has 0 saturated carbocycles. The van der Waals surface area contributed by atoms with E-state index in [9.17, 15) is 9.13 Å². The van der Waals surface area contributed by atoms with Crippen LogP contribution in [-0.2, 0) is 9.13 Å². The zero-order valence-corrected chi connectivity index (χ0v) is 17.1. The molecule has 4 heteroatoms. The monoisotopic (exact) mass is 394 g/mol. The van der Waals surface area contributed by atoms with Gasteiger partial charge >= 0.3 is 0 Å². The van der Waals surface area contributed by atoms with E-state index in [4.69, 9.17) is 0 Å². The molecule has 3 aromatic rings. The van der Waals surface area contributed by atoms with Crippen LogP contribution in [0.2, 0.25) is 0 Å². The van der Waals surface area contributed by atoms with Crippen molar-refractivity contribution in [3.05, 3.63) is 91.0 Å². The standard InChI is InChI=1S/C23H24O2P2/c24-26(20-11-4-1-5-12-20)18-10-17-23(26)19-27(25,21-13-6-2-7-14-21)22-15-8-3-9-16-22/h1-9,11-16,23H,10,17-19H2/t23-,26+/m0/s1. The maximum atomic E-state index is 14.4. The summed E-state index contributed by atoms with van der Waals surface area (Å²) in [5.41, 5.74) is -0.0221. The Hall–Kier alpha value is -1.88. The van der Waals surface area contributed by atoms with Gasteiger partial charge in [0, 0.05) is 33.9 Å². The second-order valence-corrected chi connectivity index (χ2v) is 13.4. The molecule has 2 nitrogen and oxygen atoms in total. The largest absolute Gasteiger partial charge is 0.318 e. The Morgan fingerprint density at radius 2 is 1.26 bits per heavy atom. The zero-order chi connectivity index (χ0) is 18.7. The normalized spacial score (nSPS) is 22.6. The summed E-state index contributed by atoms with van der Waals surface area (Å²) < 4.78 is 28.3. The van der Waals surface area contributed by atoms with Crippen LogP contribution in [0.4, 0.5) is 0 Å². The number of benzene rings is 3. The van der Waals surface area contributed by atoms with Crippen molar-refractivity contribution in [1.82, 2.24) is 0 Å². The molecule has 0 radical (unpaired) electrons. The van der Waals surface area contributed by atoms with Gasteiger partial charge in [-0.3, -0.25) is 0 Å². The fourth-order valence-electron chi connectivity index (χ4n) is 4.19. The second kappa shape index (κ2) is 7.63. The number of hydrogen-bond donors (Lipinski definition) is 0. The van der Waals surface area contributed by atoms with E-state index in [0.717, 1.165) is 34.9 Å². The summed E-state index contributed by atoms with van der Waals surface area (Å²) in [7, 11) is -5.39. The minimum absolute atomic E-state index is 0.0221. The Morgan fingerprint density at radius 3 is 1.78 bits per heavy atom. The van der Waals surface area contributed by atoms with E-state index in [2.05, 4.69) is 0 Å². The topological polar surface area (TPSA) is 34.1 Å². The van der Waals surface area contributed by atoms with Gasteiger partial charge in [-0.1, -0.05) is 91.0 Å². The van der Waals surface area contributed by atoms with Gasteiger partial charge in [0.15, 0.2) is 0 Å². The second-order valence-electron chi connectivity index (χ2n) is 7.24. The molecule has 0 amide bonds. The van der Waals surface area contributed by atoms with Gasteiger partial charge in [-0.25, -0.2) is 0 Å². The Balaban J connectivity index is 1.77. The SMILES string of the molecule is O=P(C[C@@H]1CCC[P@@]1(=O)c1ccccc1)(c1ccccc1)c1ccccc1. The van der Waals surface area contributed by atoms with Crippen molar-refractivity contribution in [2.24, 2.45) is 0 Å². The molecular formula is C23H24O2P2. The third-order valence-electron chi connectivity index (χ3n) is 5.63. The minimum Gasteiger partial charge on any atom is -0.318 e. The molecule has 3 aromatic carbocycles. The fourth-order valence-corrected chi connectivity index (χ4v) is 11.7. The van der Waals surface area contributed by atoms with Crippen LogP contribution < -0.4 is 15.9 Å². The van der Waals surface area contributed by atoms with Gasteiger partial charge in [-0.2, -0.15) is 0 Å². The highest BCUT2D eigenvalue weighted by molar-refractivity contribution is 7.80. The maximum Gasteiger partial charge on any atom is 0.143 e. The summed E-state index contributed by atoms with van der Waals surface area (Å²) in [6.07, 6.45) is 3.04. The summed E-state index contributed by atoms with van der Waals surface area (Å²) in [6.45, 7) is 0. The molecule has 4 rings (SSSR count). The van der Waals surface area contributed by atoms with E-state index in [-0.39, 0.29) is 5.66 Å². The van der Waals surface area contributed by atoms with Crippen molar-refractivity contribution >= 4 is 30.2 Å². The molecule has 0 unspecified atom stereocenters. The lowest BCUT2D eigenvalue weighted by Crippen LogP contribution is -2.26. The molecule has 0 aromatic heterocycles. The van der Waals surface area contributed by atoms with Crippen molar-refractivity contribution in [3.63, 3.8) is 0 Å². The molecule has 0 N–H and O–H groups in total. The number of hydrogen-bond acceptors (Lipinski definition) is 2. The third-order valence-corrected chi connectivity index (χ3v) is 12.9. The van der Waals surface area contributed by atoms with E-state index in [1.165, 1.54) is 0 Å². The molecule has 0 aliphatic carbocycles. The first-order valence-corrected chi connectivity index (χ1v) is 13.3. The molecule has 0 spiro atoms. The summed E-state index contributed by atoms with van der Waals surface area (Å²) in [5.74, 6) is 0. The Bertz CT molecular complexity index is 941. The van der Waals surface area contributed by atoms with Crippen LogP contribution in [-0.4, -0.2) is 18.0 Å². The summed E-state index contributed by atoms with van der Waals surface area (Å²) in [4.78, 5) is 0. The minimum atomic E-state index is -2.85. The molecule has 0 bridgehead atoms. The summed E-state index contributed by atoms with van der Waals surface area (Å²) in [6, 6.07) is 29.3. The first-order chi connectivity index (χ1) is 13.1. The van der Waals surface area contributed by atoms with Gasteiger partial charge in [0.1, 0.15) is 14.3 Å². The highest BCUT2D eigenvalue weighted by atomic mass is 31.2. The van der Waals surface area contributed by atoms with Crippen molar-refractivity contribution in [3.8, 4) is 0 Å². The van der Waals surface area contributed by atoms with E-state index in [1.54, 1.807) is 0 Å². The Kier molecular flexibility index (Phi) is 5.22. The first kappa shape index (κ1) is 18.5. The predicted octanol–water partition coefficient (Wildman–Crippen LogP) is 4.85. The molecule has 1 heterocycles. The molecule has 1 aliphatic heterocycles. The number of rotatable bonds is 5. The Morgan fingerprint density at radius 1 is 0.778 bits per heavy atom. The van der Waals surface area contributed by atoms with Gasteiger partial charge in [-0.05, 0) is 12.8 Å². The van der Waals surface area contributed by atoms with Crippen LogP contribution in [0.1, 0.15) is 12.8 Å². The molecule has 1 saturated heterocycles. The Labute approximate surface area is 161 Å². The van der Waals surface area contributed by atoms with Crippen molar-refractivity contribution < 1.29 is 9.13 Å². The average Bonchev–Trinajstić information content (AvgIpc) is 3.11. The van der Waals surface area contributed by atoms with E-state index < -0.39 is 14.3 Å². The maximum absolute atomic E-state index is 14.4. The van der Waals surface area contributed by atoms with Crippen LogP contribution in [0.3, 0.4) is 0 Å². The smallest absolute Gasteiger partial charge is 0.143 e. The van der Waals surface area contributed by atoms with Gasteiger partial charge in [0.25, 0.3) is 0 Å². The van der Waals surface area contributed by atoms with Gasteiger partial charge < -0.3 is 9.13 Å². The zero-order valence-electron chi connectivity index (χ0n) is 15.3. The van der Waals surface area contributed by atoms with E-state index in [0.29, 0.717) is 6.16 Å². The highest BCUT2D eigenvalue weighted by Gasteiger charge is 2.43. The van der Waals surface area contributed by atoms with Crippen molar-refractivity contribution in [2.75, 3.05) is 12.3 Å². The molecule has 27 heavy (non-hydrogen) atoms. The van der Waals surface area contributed by atoms with Crippen molar-refractivity contribution in [2.45, 2.75) is 18.5 Å². The van der Waals surface area contributed by atoms with Crippen molar-refractivity contribution in [1.29, 1.82) is 0 Å². The molecule has 138 valence electrons. The lowest BCUT2D eigenvalue weighted by molar-refractivity contribution is 0.573. The van der Waals surface area contributed by atoms with Crippen LogP contribution >= 0.6 is 14.3 Å². The first-order valence-electron chi connectivity index (χ1n) is 9.48. The highest BCUT2D eigenvalue weighted by Crippen LogP contribution is 2.61. The molecule has 2 atom stereocenters. The molecule has 1 fully saturated rings. The van der Waals surface area contributed by atoms with Crippen LogP contribution in [0.25, 0.3) is 0 Å². The predicted molar refractivity (Wildman–Crippen MR) is 116 cm³/mol. The lowest BCUT2D eigenvalue weighted by Gasteiger charge is -2.27. The lowest BCUT2D eigenvalue weighted by atomic mass is 10.3. The molecule has 1 aliphatic rings. The van der Waals surface area contributed by atoms with Crippen LogP contribution in [0, 0.1) is 0 Å². The van der Waals surface area contributed by atoms with E-state index in [1.807, 2.05) is 91.0 Å². The quantitative estimate of drug-likeness (QED) is 0.580. The third kappa shape index (κ3) is 3.49.